The highest BCUT2D eigenvalue weighted by Crippen LogP contribution is 2.28. The second-order valence-electron chi connectivity index (χ2n) is 6.61. The normalized spacial score (nSPS) is 20.6. The Labute approximate surface area is 145 Å². The number of piperidine rings is 1. The number of H-pyrrole nitrogens is 1. The summed E-state index contributed by atoms with van der Waals surface area (Å²) in [7, 11) is 1.99. The average molecular weight is 345 g/mol. The van der Waals surface area contributed by atoms with E-state index in [1.54, 1.807) is 4.90 Å². The minimum Gasteiger partial charge on any atom is -0.481 e. The van der Waals surface area contributed by atoms with E-state index < -0.39 is 5.97 Å². The molecular formula is C17H23N5O3. The first kappa shape index (κ1) is 17.2. The quantitative estimate of drug-likeness (QED) is 0.851. The number of carbonyl (C=O) groups is 2. The molecule has 25 heavy (non-hydrogen) atoms. The Morgan fingerprint density at radius 1 is 1.40 bits per heavy atom. The predicted octanol–water partition coefficient (Wildman–Crippen LogP) is 1.50. The maximum atomic E-state index is 12.3. The largest absolute Gasteiger partial charge is 0.481 e. The Morgan fingerprint density at radius 3 is 2.96 bits per heavy atom. The molecule has 1 amide bonds. The average Bonchev–Trinajstić information content (AvgIpc) is 3.08. The number of amides is 1. The Balaban J connectivity index is 1.76. The first-order chi connectivity index (χ1) is 12.0. The SMILES string of the molecule is C[C@@H]1CCN(C(=O)CCC(=O)O)C[C@@H]1N(C)c1ncnc2[nH]ccc12. The van der Waals surface area contributed by atoms with Gasteiger partial charge in [-0.1, -0.05) is 6.92 Å². The molecule has 2 N–H and O–H groups in total. The predicted molar refractivity (Wildman–Crippen MR) is 93.3 cm³/mol. The number of aromatic nitrogens is 3. The van der Waals surface area contributed by atoms with Crippen molar-refractivity contribution in [2.24, 2.45) is 5.92 Å². The van der Waals surface area contributed by atoms with Crippen molar-refractivity contribution in [2.75, 3.05) is 25.0 Å². The molecule has 1 saturated heterocycles. The van der Waals surface area contributed by atoms with Crippen LogP contribution in [0.5, 0.6) is 0 Å². The molecule has 134 valence electrons. The van der Waals surface area contributed by atoms with Crippen molar-refractivity contribution in [3.05, 3.63) is 18.6 Å². The lowest BCUT2D eigenvalue weighted by molar-refractivity contribution is -0.141. The maximum absolute atomic E-state index is 12.3. The minimum absolute atomic E-state index is 0.0513. The summed E-state index contributed by atoms with van der Waals surface area (Å²) in [6.45, 7) is 3.43. The number of aliphatic carboxylic acids is 1. The highest BCUT2D eigenvalue weighted by molar-refractivity contribution is 5.87. The summed E-state index contributed by atoms with van der Waals surface area (Å²) in [4.78, 5) is 38.6. The Morgan fingerprint density at radius 2 is 2.20 bits per heavy atom. The van der Waals surface area contributed by atoms with E-state index in [-0.39, 0.29) is 24.8 Å². The summed E-state index contributed by atoms with van der Waals surface area (Å²) in [5.74, 6) is 0.200. The fourth-order valence-corrected chi connectivity index (χ4v) is 3.45. The van der Waals surface area contributed by atoms with E-state index >= 15 is 0 Å². The van der Waals surface area contributed by atoms with Crippen molar-refractivity contribution in [3.8, 4) is 0 Å². The number of anilines is 1. The number of aromatic amines is 1. The van der Waals surface area contributed by atoms with Crippen molar-refractivity contribution >= 4 is 28.7 Å². The van der Waals surface area contributed by atoms with Crippen LogP contribution in [-0.2, 0) is 9.59 Å². The van der Waals surface area contributed by atoms with Crippen LogP contribution in [0.3, 0.4) is 0 Å². The molecule has 3 heterocycles. The summed E-state index contributed by atoms with van der Waals surface area (Å²) in [6.07, 6.45) is 4.18. The third-order valence-corrected chi connectivity index (χ3v) is 4.99. The van der Waals surface area contributed by atoms with Gasteiger partial charge in [-0.2, -0.15) is 0 Å². The molecule has 0 unspecified atom stereocenters. The molecule has 3 rings (SSSR count). The minimum atomic E-state index is -0.941. The van der Waals surface area contributed by atoms with Gasteiger partial charge in [-0.05, 0) is 18.4 Å². The van der Waals surface area contributed by atoms with E-state index in [0.29, 0.717) is 19.0 Å². The number of hydrogen-bond donors (Lipinski definition) is 2. The number of carboxylic acid groups (broad SMARTS) is 1. The number of nitrogens with zero attached hydrogens (tertiary/aromatic N) is 4. The number of carboxylic acids is 1. The van der Waals surface area contributed by atoms with Gasteiger partial charge in [0.15, 0.2) is 0 Å². The Kier molecular flexibility index (Phi) is 4.87. The molecule has 8 heteroatoms. The van der Waals surface area contributed by atoms with Gasteiger partial charge in [0, 0.05) is 32.8 Å². The van der Waals surface area contributed by atoms with Gasteiger partial charge < -0.3 is 19.9 Å². The molecule has 8 nitrogen and oxygen atoms in total. The molecule has 0 spiro atoms. The highest BCUT2D eigenvalue weighted by atomic mass is 16.4. The second kappa shape index (κ2) is 7.08. The lowest BCUT2D eigenvalue weighted by Crippen LogP contribution is -2.52. The summed E-state index contributed by atoms with van der Waals surface area (Å²) in [6, 6.07) is 2.07. The van der Waals surface area contributed by atoms with Gasteiger partial charge >= 0.3 is 5.97 Å². The number of hydrogen-bond acceptors (Lipinski definition) is 5. The van der Waals surface area contributed by atoms with E-state index in [2.05, 4.69) is 26.8 Å². The zero-order valence-electron chi connectivity index (χ0n) is 14.5. The lowest BCUT2D eigenvalue weighted by atomic mass is 9.92. The van der Waals surface area contributed by atoms with Crippen LogP contribution >= 0.6 is 0 Å². The molecular weight excluding hydrogens is 322 g/mol. The van der Waals surface area contributed by atoms with Gasteiger partial charge in [0.25, 0.3) is 0 Å². The van der Waals surface area contributed by atoms with Gasteiger partial charge in [0.05, 0.1) is 17.8 Å². The molecule has 0 saturated carbocycles. The summed E-state index contributed by atoms with van der Waals surface area (Å²) in [5, 5.41) is 9.73. The van der Waals surface area contributed by atoms with Crippen LogP contribution in [-0.4, -0.2) is 63.0 Å². The number of carbonyl (C=O) groups excluding carboxylic acids is 1. The van der Waals surface area contributed by atoms with Crippen molar-refractivity contribution in [1.29, 1.82) is 0 Å². The molecule has 2 atom stereocenters. The van der Waals surface area contributed by atoms with Gasteiger partial charge in [-0.3, -0.25) is 9.59 Å². The molecule has 1 aliphatic heterocycles. The maximum Gasteiger partial charge on any atom is 0.303 e. The van der Waals surface area contributed by atoms with Gasteiger partial charge in [0.1, 0.15) is 17.8 Å². The zero-order valence-corrected chi connectivity index (χ0v) is 14.5. The van der Waals surface area contributed by atoms with E-state index in [0.717, 1.165) is 23.3 Å². The summed E-state index contributed by atoms with van der Waals surface area (Å²) >= 11 is 0. The van der Waals surface area contributed by atoms with E-state index in [4.69, 9.17) is 5.11 Å². The molecule has 0 radical (unpaired) electrons. The van der Waals surface area contributed by atoms with E-state index in [9.17, 15) is 9.59 Å². The van der Waals surface area contributed by atoms with Crippen LogP contribution in [0, 0.1) is 5.92 Å². The topological polar surface area (TPSA) is 102 Å². The van der Waals surface area contributed by atoms with Gasteiger partial charge in [-0.25, -0.2) is 9.97 Å². The third kappa shape index (κ3) is 3.57. The van der Waals surface area contributed by atoms with Gasteiger partial charge in [-0.15, -0.1) is 0 Å². The van der Waals surface area contributed by atoms with E-state index in [1.165, 1.54) is 6.33 Å². The highest BCUT2D eigenvalue weighted by Gasteiger charge is 2.32. The number of likely N-dealkylation sites (tertiary alicyclic amines) is 1. The van der Waals surface area contributed by atoms with E-state index in [1.807, 2.05) is 19.3 Å². The smallest absolute Gasteiger partial charge is 0.303 e. The third-order valence-electron chi connectivity index (χ3n) is 4.99. The van der Waals surface area contributed by atoms with Crippen LogP contribution in [0.15, 0.2) is 18.6 Å². The first-order valence-electron chi connectivity index (χ1n) is 8.48. The Bertz CT molecular complexity index is 774. The van der Waals surface area contributed by atoms with Crippen molar-refractivity contribution in [3.63, 3.8) is 0 Å². The van der Waals surface area contributed by atoms with Crippen LogP contribution in [0.2, 0.25) is 0 Å². The second-order valence-corrected chi connectivity index (χ2v) is 6.61. The van der Waals surface area contributed by atoms with Crippen molar-refractivity contribution in [1.82, 2.24) is 19.9 Å². The fraction of sp³-hybridized carbons (Fsp3) is 0.529. The fourth-order valence-electron chi connectivity index (χ4n) is 3.45. The van der Waals surface area contributed by atoms with Crippen molar-refractivity contribution < 1.29 is 14.7 Å². The molecule has 2 aromatic heterocycles. The first-order valence-corrected chi connectivity index (χ1v) is 8.48. The molecule has 0 aliphatic carbocycles. The Hall–Kier alpha value is -2.64. The molecule has 2 aromatic rings. The monoisotopic (exact) mass is 345 g/mol. The standard InChI is InChI=1S/C17H23N5O3/c1-11-6-8-22(14(23)3-4-15(24)25)9-13(11)21(2)17-12-5-7-18-16(12)19-10-20-17/h5,7,10-11,13H,3-4,6,8-9H2,1-2H3,(H,24,25)(H,18,19,20)/t11-,13+/m1/s1. The lowest BCUT2D eigenvalue weighted by Gasteiger charge is -2.42. The van der Waals surface area contributed by atoms with Crippen molar-refractivity contribution in [2.45, 2.75) is 32.2 Å². The van der Waals surface area contributed by atoms with Crippen LogP contribution in [0.1, 0.15) is 26.2 Å². The van der Waals surface area contributed by atoms with Crippen LogP contribution in [0.25, 0.3) is 11.0 Å². The number of nitrogens with one attached hydrogen (secondary N) is 1. The van der Waals surface area contributed by atoms with Crippen LogP contribution in [0.4, 0.5) is 5.82 Å². The van der Waals surface area contributed by atoms with Crippen LogP contribution < -0.4 is 4.90 Å². The number of rotatable bonds is 5. The number of fused-ring (bicyclic) bond motifs is 1. The molecule has 1 fully saturated rings. The molecule has 0 bridgehead atoms. The molecule has 0 aromatic carbocycles. The van der Waals surface area contributed by atoms with Gasteiger partial charge in [0.2, 0.25) is 5.91 Å². The molecule has 1 aliphatic rings. The summed E-state index contributed by atoms with van der Waals surface area (Å²) in [5.41, 5.74) is 0.787. The number of likely N-dealkylation sites (N-methyl/N-ethyl adjacent to an activating group) is 1. The summed E-state index contributed by atoms with van der Waals surface area (Å²) < 4.78 is 0. The zero-order chi connectivity index (χ0) is 18.0.